The van der Waals surface area contributed by atoms with Crippen LogP contribution in [0.3, 0.4) is 0 Å². The summed E-state index contributed by atoms with van der Waals surface area (Å²) in [6.07, 6.45) is 3.32. The van der Waals surface area contributed by atoms with E-state index >= 15 is 0 Å². The first-order valence-corrected chi connectivity index (χ1v) is 8.16. The lowest BCUT2D eigenvalue weighted by Gasteiger charge is -2.10. The molecule has 0 saturated heterocycles. The van der Waals surface area contributed by atoms with Gasteiger partial charge in [-0.1, -0.05) is 18.2 Å². The number of anilines is 2. The zero-order chi connectivity index (χ0) is 18.8. The van der Waals surface area contributed by atoms with Crippen molar-refractivity contribution in [2.75, 3.05) is 10.6 Å². The third kappa shape index (κ3) is 3.35. The monoisotopic (exact) mass is 364 g/mol. The normalized spacial score (nSPS) is 10.7. The molecular weight excluding hydrogens is 350 g/mol. The molecule has 0 radical (unpaired) electrons. The highest BCUT2D eigenvalue weighted by atomic mass is 19.1. The van der Waals surface area contributed by atoms with Gasteiger partial charge in [-0.05, 0) is 30.3 Å². The molecular formula is C20H14F2N4O. The number of carbonyl (C=O) groups is 1. The van der Waals surface area contributed by atoms with Gasteiger partial charge >= 0.3 is 6.03 Å². The molecule has 0 unspecified atom stereocenters. The smallest absolute Gasteiger partial charge is 0.323 e. The molecule has 0 aliphatic rings. The highest BCUT2D eigenvalue weighted by Crippen LogP contribution is 2.34. The van der Waals surface area contributed by atoms with E-state index in [0.29, 0.717) is 11.4 Å². The van der Waals surface area contributed by atoms with Crippen LogP contribution in [0, 0.1) is 11.6 Å². The Morgan fingerprint density at radius 3 is 2.67 bits per heavy atom. The van der Waals surface area contributed by atoms with Crippen LogP contribution >= 0.6 is 0 Å². The third-order valence-electron chi connectivity index (χ3n) is 4.07. The minimum absolute atomic E-state index is 0.240. The average Bonchev–Trinajstić information content (AvgIpc) is 3.04. The summed E-state index contributed by atoms with van der Waals surface area (Å²) in [5.74, 6) is -1.37. The summed E-state index contributed by atoms with van der Waals surface area (Å²) >= 11 is 0. The Morgan fingerprint density at radius 1 is 1.00 bits per heavy atom. The Morgan fingerprint density at radius 2 is 1.85 bits per heavy atom. The van der Waals surface area contributed by atoms with Gasteiger partial charge in [0.05, 0.1) is 17.1 Å². The number of amides is 2. The maximum absolute atomic E-state index is 13.8. The molecule has 3 N–H and O–H groups in total. The van der Waals surface area contributed by atoms with Crippen molar-refractivity contribution in [3.63, 3.8) is 0 Å². The van der Waals surface area contributed by atoms with E-state index in [4.69, 9.17) is 0 Å². The van der Waals surface area contributed by atoms with Gasteiger partial charge in [0.1, 0.15) is 11.6 Å². The van der Waals surface area contributed by atoms with E-state index in [0.717, 1.165) is 34.7 Å². The fourth-order valence-electron chi connectivity index (χ4n) is 2.86. The summed E-state index contributed by atoms with van der Waals surface area (Å²) in [6, 6.07) is 13.3. The fraction of sp³-hybridized carbons (Fsp3) is 0. The lowest BCUT2D eigenvalue weighted by atomic mass is 10.1. The minimum Gasteiger partial charge on any atom is -0.353 e. The third-order valence-corrected chi connectivity index (χ3v) is 4.07. The molecule has 7 heteroatoms. The summed E-state index contributed by atoms with van der Waals surface area (Å²) in [7, 11) is 0. The molecule has 0 spiro atoms. The van der Waals surface area contributed by atoms with E-state index in [1.165, 1.54) is 0 Å². The van der Waals surface area contributed by atoms with Crippen molar-refractivity contribution < 1.29 is 13.6 Å². The number of aromatic amines is 1. The summed E-state index contributed by atoms with van der Waals surface area (Å²) in [5.41, 5.74) is 2.55. The van der Waals surface area contributed by atoms with Crippen LogP contribution in [0.1, 0.15) is 0 Å². The molecule has 0 aliphatic carbocycles. The Balaban J connectivity index is 1.70. The van der Waals surface area contributed by atoms with Crippen molar-refractivity contribution in [2.24, 2.45) is 0 Å². The number of nitrogens with zero attached hydrogens (tertiary/aromatic N) is 1. The molecule has 4 aromatic rings. The topological polar surface area (TPSA) is 69.8 Å². The SMILES string of the molecule is O=C(Nc1cc(F)ccc1F)Nc1c(-c2cccnc2)[nH]c2ccccc12. The van der Waals surface area contributed by atoms with Gasteiger partial charge in [0.25, 0.3) is 0 Å². The number of pyridine rings is 1. The fourth-order valence-corrected chi connectivity index (χ4v) is 2.86. The number of fused-ring (bicyclic) bond motifs is 1. The molecule has 0 atom stereocenters. The number of aromatic nitrogens is 2. The number of halogens is 2. The van der Waals surface area contributed by atoms with Gasteiger partial charge in [-0.3, -0.25) is 4.98 Å². The van der Waals surface area contributed by atoms with Crippen LogP contribution < -0.4 is 10.6 Å². The van der Waals surface area contributed by atoms with Crippen LogP contribution in [0.4, 0.5) is 25.0 Å². The van der Waals surface area contributed by atoms with E-state index < -0.39 is 17.7 Å². The second-order valence-electron chi connectivity index (χ2n) is 5.87. The highest BCUT2D eigenvalue weighted by Gasteiger charge is 2.16. The Kier molecular flexibility index (Phi) is 4.25. The maximum atomic E-state index is 13.8. The maximum Gasteiger partial charge on any atom is 0.323 e. The minimum atomic E-state index is -0.724. The summed E-state index contributed by atoms with van der Waals surface area (Å²) < 4.78 is 27.1. The molecule has 27 heavy (non-hydrogen) atoms. The van der Waals surface area contributed by atoms with E-state index in [1.807, 2.05) is 30.3 Å². The second-order valence-corrected chi connectivity index (χ2v) is 5.87. The molecule has 0 bridgehead atoms. The largest absolute Gasteiger partial charge is 0.353 e. The van der Waals surface area contributed by atoms with Crippen molar-refractivity contribution in [3.05, 3.63) is 78.6 Å². The summed E-state index contributed by atoms with van der Waals surface area (Å²) in [6.45, 7) is 0. The van der Waals surface area contributed by atoms with Crippen molar-refractivity contribution in [1.29, 1.82) is 0 Å². The van der Waals surface area contributed by atoms with Crippen LogP contribution in [0.2, 0.25) is 0 Å². The number of hydrogen-bond acceptors (Lipinski definition) is 2. The number of H-pyrrole nitrogens is 1. The number of hydrogen-bond donors (Lipinski definition) is 3. The first-order valence-electron chi connectivity index (χ1n) is 8.16. The van der Waals surface area contributed by atoms with Crippen molar-refractivity contribution in [3.8, 4) is 11.3 Å². The first-order chi connectivity index (χ1) is 13.1. The number of benzene rings is 2. The van der Waals surface area contributed by atoms with Gasteiger partial charge in [-0.15, -0.1) is 0 Å². The number of rotatable bonds is 3. The van der Waals surface area contributed by atoms with E-state index in [2.05, 4.69) is 20.6 Å². The van der Waals surface area contributed by atoms with Crippen molar-refractivity contribution in [2.45, 2.75) is 0 Å². The van der Waals surface area contributed by atoms with Crippen LogP contribution in [-0.4, -0.2) is 16.0 Å². The molecule has 4 rings (SSSR count). The van der Waals surface area contributed by atoms with Gasteiger partial charge in [-0.2, -0.15) is 0 Å². The Bertz CT molecular complexity index is 1130. The number of para-hydroxylation sites is 1. The van der Waals surface area contributed by atoms with Crippen molar-refractivity contribution >= 4 is 28.3 Å². The molecule has 5 nitrogen and oxygen atoms in total. The zero-order valence-corrected chi connectivity index (χ0v) is 14.0. The van der Waals surface area contributed by atoms with E-state index in [9.17, 15) is 13.6 Å². The van der Waals surface area contributed by atoms with Gasteiger partial charge in [-0.25, -0.2) is 13.6 Å². The molecule has 2 amide bonds. The van der Waals surface area contributed by atoms with E-state index in [-0.39, 0.29) is 5.69 Å². The lowest BCUT2D eigenvalue weighted by Crippen LogP contribution is -2.20. The predicted molar refractivity (Wildman–Crippen MR) is 101 cm³/mol. The predicted octanol–water partition coefficient (Wildman–Crippen LogP) is 5.15. The highest BCUT2D eigenvalue weighted by molar-refractivity contribution is 6.10. The molecule has 0 fully saturated rings. The zero-order valence-electron chi connectivity index (χ0n) is 14.0. The van der Waals surface area contributed by atoms with Crippen molar-refractivity contribution in [1.82, 2.24) is 9.97 Å². The standard InChI is InChI=1S/C20H14F2N4O/c21-13-7-8-15(22)17(10-13)25-20(27)26-19-14-5-1-2-6-16(14)24-18(19)12-4-3-9-23-11-12/h1-11,24H,(H2,25,26,27). The summed E-state index contributed by atoms with van der Waals surface area (Å²) in [5, 5.41) is 5.85. The van der Waals surface area contributed by atoms with Crippen LogP contribution in [-0.2, 0) is 0 Å². The molecule has 134 valence electrons. The van der Waals surface area contributed by atoms with Gasteiger partial charge in [0, 0.05) is 34.9 Å². The summed E-state index contributed by atoms with van der Waals surface area (Å²) in [4.78, 5) is 19.8. The number of nitrogens with one attached hydrogen (secondary N) is 3. The lowest BCUT2D eigenvalue weighted by molar-refractivity contribution is 0.262. The van der Waals surface area contributed by atoms with Crippen LogP contribution in [0.15, 0.2) is 67.0 Å². The molecule has 2 aromatic heterocycles. The average molecular weight is 364 g/mol. The van der Waals surface area contributed by atoms with E-state index in [1.54, 1.807) is 18.5 Å². The second kappa shape index (κ2) is 6.87. The quantitative estimate of drug-likeness (QED) is 0.470. The first kappa shape index (κ1) is 16.7. The van der Waals surface area contributed by atoms with Gasteiger partial charge in [0.15, 0.2) is 0 Å². The number of urea groups is 1. The molecule has 0 saturated carbocycles. The number of carbonyl (C=O) groups excluding carboxylic acids is 1. The van der Waals surface area contributed by atoms with Gasteiger partial charge < -0.3 is 15.6 Å². The van der Waals surface area contributed by atoms with Crippen LogP contribution in [0.5, 0.6) is 0 Å². The Labute approximate surface area is 153 Å². The molecule has 2 aromatic carbocycles. The molecule has 2 heterocycles. The van der Waals surface area contributed by atoms with Crippen LogP contribution in [0.25, 0.3) is 22.2 Å². The Hall–Kier alpha value is -3.74. The van der Waals surface area contributed by atoms with Gasteiger partial charge in [0.2, 0.25) is 0 Å². The molecule has 0 aliphatic heterocycles.